The Morgan fingerprint density at radius 3 is 1.39 bits per heavy atom. The van der Waals surface area contributed by atoms with Gasteiger partial charge in [0.25, 0.3) is 0 Å². The second-order valence-electron chi connectivity index (χ2n) is 12.6. The van der Waals surface area contributed by atoms with Crippen molar-refractivity contribution in [1.82, 2.24) is 0 Å². The Balaban J connectivity index is 0.000000147. The number of hydrogen-bond acceptors (Lipinski definition) is 12. The maximum Gasteiger partial charge on any atom is 0.342 e. The molecule has 12 nitrogen and oxygen atoms in total. The van der Waals surface area contributed by atoms with Crippen molar-refractivity contribution in [2.75, 3.05) is 14.2 Å². The van der Waals surface area contributed by atoms with E-state index in [9.17, 15) is 28.8 Å². The molecule has 0 aromatic carbocycles. The highest BCUT2D eigenvalue weighted by atomic mass is 16.7. The fourth-order valence-corrected chi connectivity index (χ4v) is 7.29. The van der Waals surface area contributed by atoms with Crippen LogP contribution in [0.15, 0.2) is 69.3 Å². The molecule has 4 aliphatic heterocycles. The number of carbonyl (C=O) groups is 6. The molecule has 6 atom stereocenters. The van der Waals surface area contributed by atoms with Crippen LogP contribution in [-0.4, -0.2) is 84.9 Å². The van der Waals surface area contributed by atoms with Crippen LogP contribution < -0.4 is 0 Å². The Morgan fingerprint density at radius 1 is 0.652 bits per heavy atom. The number of esters is 2. The number of ether oxygens (including phenoxy) is 6. The van der Waals surface area contributed by atoms with Gasteiger partial charge in [0.2, 0.25) is 11.6 Å². The topological polar surface area (TPSA) is 164 Å². The van der Waals surface area contributed by atoms with Gasteiger partial charge in [-0.15, -0.1) is 0 Å². The van der Waals surface area contributed by atoms with E-state index in [1.807, 2.05) is 26.0 Å². The van der Waals surface area contributed by atoms with Crippen molar-refractivity contribution in [2.24, 2.45) is 0 Å². The summed E-state index contributed by atoms with van der Waals surface area (Å²) in [5.41, 5.74) is 1.23. The van der Waals surface area contributed by atoms with Gasteiger partial charge < -0.3 is 28.4 Å². The van der Waals surface area contributed by atoms with Crippen LogP contribution in [0.25, 0.3) is 0 Å². The first-order chi connectivity index (χ1) is 22.0. The van der Waals surface area contributed by atoms with E-state index in [0.717, 1.165) is 11.1 Å². The first-order valence-electron chi connectivity index (χ1n) is 15.2. The van der Waals surface area contributed by atoms with Gasteiger partial charge >= 0.3 is 11.9 Å². The molecule has 4 saturated heterocycles. The highest BCUT2D eigenvalue weighted by Gasteiger charge is 2.75. The molecule has 0 spiro atoms. The summed E-state index contributed by atoms with van der Waals surface area (Å²) in [6.45, 7) is 3.82. The molecule has 0 saturated carbocycles. The molecule has 8 aliphatic rings. The Labute approximate surface area is 263 Å². The largest absolute Gasteiger partial charge is 0.493 e. The molecule has 0 aromatic heterocycles. The SMILES string of the molecule is COC1=CC(=O)C2=C(C1=O)[C@H]1OC(=O)[C@]3(CC/C=C(/C)C2)O[C@H]13.COC1=CC(=O)C2=C(C1=O)[C@H]1OC(=O)[C@]3(CC/C=C(/C)C2)O[C@H]13. The van der Waals surface area contributed by atoms with Crippen LogP contribution in [0.2, 0.25) is 0 Å². The predicted octanol–water partition coefficient (Wildman–Crippen LogP) is 2.32. The van der Waals surface area contributed by atoms with Gasteiger partial charge in [0.1, 0.15) is 12.2 Å². The minimum atomic E-state index is -0.950. The number of methoxy groups -OCH3 is 2. The van der Waals surface area contributed by atoms with Crippen LogP contribution in [-0.2, 0) is 57.2 Å². The van der Waals surface area contributed by atoms with Crippen molar-refractivity contribution in [3.63, 3.8) is 0 Å². The third kappa shape index (κ3) is 4.41. The van der Waals surface area contributed by atoms with Crippen LogP contribution in [0, 0.1) is 0 Å². The molecule has 12 heteroatoms. The minimum Gasteiger partial charge on any atom is -0.493 e. The zero-order chi connectivity index (χ0) is 32.7. The molecule has 4 aliphatic carbocycles. The van der Waals surface area contributed by atoms with Gasteiger partial charge in [-0.05, 0) is 52.4 Å². The van der Waals surface area contributed by atoms with E-state index >= 15 is 0 Å². The van der Waals surface area contributed by atoms with E-state index < -0.39 is 59.1 Å². The molecule has 46 heavy (non-hydrogen) atoms. The first-order valence-corrected chi connectivity index (χ1v) is 15.2. The van der Waals surface area contributed by atoms with Crippen LogP contribution in [0.5, 0.6) is 0 Å². The highest BCUT2D eigenvalue weighted by molar-refractivity contribution is 6.23. The zero-order valence-electron chi connectivity index (χ0n) is 25.8. The van der Waals surface area contributed by atoms with Gasteiger partial charge in [-0.1, -0.05) is 23.3 Å². The van der Waals surface area contributed by atoms with Crippen LogP contribution >= 0.6 is 0 Å². The summed E-state index contributed by atoms with van der Waals surface area (Å²) in [6.07, 6.45) is 6.90. The molecular formula is C34H32O12. The van der Waals surface area contributed by atoms with Gasteiger partial charge in [0.05, 0.1) is 25.4 Å². The number of epoxide rings is 2. The van der Waals surface area contributed by atoms with Gasteiger partial charge in [-0.2, -0.15) is 0 Å². The average Bonchev–Trinajstić information content (AvgIpc) is 3.90. The van der Waals surface area contributed by atoms with Gasteiger partial charge in [-0.25, -0.2) is 9.59 Å². The molecule has 0 radical (unpaired) electrons. The summed E-state index contributed by atoms with van der Waals surface area (Å²) >= 11 is 0. The summed E-state index contributed by atoms with van der Waals surface area (Å²) in [4.78, 5) is 74.7. The number of hydrogen-bond donors (Lipinski definition) is 0. The quantitative estimate of drug-likeness (QED) is 0.189. The Kier molecular flexibility index (Phi) is 6.94. The lowest BCUT2D eigenvalue weighted by molar-refractivity contribution is -0.153. The van der Waals surface area contributed by atoms with Crippen molar-refractivity contribution in [3.8, 4) is 0 Å². The van der Waals surface area contributed by atoms with E-state index in [4.69, 9.17) is 28.4 Å². The summed E-state index contributed by atoms with van der Waals surface area (Å²) in [5, 5.41) is 0. The van der Waals surface area contributed by atoms with Crippen molar-refractivity contribution >= 4 is 35.1 Å². The molecule has 0 amide bonds. The van der Waals surface area contributed by atoms with E-state index in [1.165, 1.54) is 26.4 Å². The normalized spacial score (nSPS) is 38.1. The average molecular weight is 633 g/mol. The fourth-order valence-electron chi connectivity index (χ4n) is 7.29. The van der Waals surface area contributed by atoms with Gasteiger partial charge in [0.15, 0.2) is 46.5 Å². The molecule has 4 fully saturated rings. The standard InChI is InChI=1S/2C17H16O6/c2*1-8-4-3-5-17-15(23-17)14(22-16(17)20)12-9(6-8)10(18)7-11(21-2)13(12)19/h2*4,7,14-15H,3,5-6H2,1-2H3/b2*8-4-/t2*14-,15-,17-/m11/s1. The fraction of sp³-hybridized carbons (Fsp3) is 0.471. The Morgan fingerprint density at radius 2 is 1.04 bits per heavy atom. The number of rotatable bonds is 2. The molecule has 240 valence electrons. The summed E-state index contributed by atoms with van der Waals surface area (Å²) in [7, 11) is 2.68. The molecule has 4 bridgehead atoms. The Bertz CT molecular complexity index is 1610. The van der Waals surface area contributed by atoms with Gasteiger partial charge in [-0.3, -0.25) is 19.2 Å². The smallest absolute Gasteiger partial charge is 0.342 e. The third-order valence-corrected chi connectivity index (χ3v) is 9.83. The summed E-state index contributed by atoms with van der Waals surface area (Å²) in [6, 6.07) is 0. The Hall–Kier alpha value is -4.42. The second kappa shape index (κ2) is 10.6. The highest BCUT2D eigenvalue weighted by Crippen LogP contribution is 2.54. The summed E-state index contributed by atoms with van der Waals surface area (Å²) in [5.74, 6) is -2.30. The molecule has 8 rings (SSSR count). The minimum absolute atomic E-state index is 0.0263. The number of carbonyl (C=O) groups excluding carboxylic acids is 6. The lowest BCUT2D eigenvalue weighted by atomic mass is 9.83. The maximum absolute atomic E-state index is 12.7. The number of ketones is 4. The molecule has 0 unspecified atom stereocenters. The van der Waals surface area contributed by atoms with Gasteiger partial charge in [0, 0.05) is 23.3 Å². The number of allylic oxidation sites excluding steroid dienone is 10. The van der Waals surface area contributed by atoms with Crippen LogP contribution in [0.3, 0.4) is 0 Å². The van der Waals surface area contributed by atoms with E-state index in [1.54, 1.807) is 0 Å². The second-order valence-corrected chi connectivity index (χ2v) is 12.6. The lowest BCUT2D eigenvalue weighted by Crippen LogP contribution is -2.31. The molecule has 0 aromatic rings. The first kappa shape index (κ1) is 30.2. The molecular weight excluding hydrogens is 600 g/mol. The zero-order valence-corrected chi connectivity index (χ0v) is 25.8. The van der Waals surface area contributed by atoms with Crippen molar-refractivity contribution in [2.45, 2.75) is 88.0 Å². The monoisotopic (exact) mass is 632 g/mol. The molecule has 4 heterocycles. The predicted molar refractivity (Wildman–Crippen MR) is 154 cm³/mol. The summed E-state index contributed by atoms with van der Waals surface area (Å²) < 4.78 is 32.1. The molecule has 0 N–H and O–H groups in total. The maximum atomic E-state index is 12.7. The van der Waals surface area contributed by atoms with E-state index in [0.29, 0.717) is 49.7 Å². The number of fused-ring (bicyclic) bond motifs is 2. The van der Waals surface area contributed by atoms with Crippen molar-refractivity contribution in [3.05, 3.63) is 69.3 Å². The lowest BCUT2D eigenvalue weighted by Gasteiger charge is -2.22. The number of Topliss-reactive ketones (excluding diaryl/α,β-unsaturated/α-hetero) is 2. The van der Waals surface area contributed by atoms with Crippen molar-refractivity contribution < 1.29 is 57.2 Å². The van der Waals surface area contributed by atoms with Crippen LogP contribution in [0.1, 0.15) is 52.4 Å². The third-order valence-electron chi connectivity index (χ3n) is 9.83. The van der Waals surface area contributed by atoms with E-state index in [2.05, 4.69) is 0 Å². The van der Waals surface area contributed by atoms with Crippen molar-refractivity contribution in [1.29, 1.82) is 0 Å². The van der Waals surface area contributed by atoms with Crippen LogP contribution in [0.4, 0.5) is 0 Å². The van der Waals surface area contributed by atoms with E-state index in [-0.39, 0.29) is 34.2 Å².